The van der Waals surface area contributed by atoms with Gasteiger partial charge in [0.2, 0.25) is 5.91 Å². The molecule has 0 unspecified atom stereocenters. The van der Waals surface area contributed by atoms with Crippen LogP contribution in [-0.2, 0) is 15.0 Å². The number of halogens is 1. The van der Waals surface area contributed by atoms with E-state index in [-0.39, 0.29) is 12.5 Å². The fraction of sp³-hybridized carbons (Fsp3) is 0.556. The van der Waals surface area contributed by atoms with Crippen LogP contribution in [0.5, 0.6) is 0 Å². The molecule has 1 aromatic carbocycles. The van der Waals surface area contributed by atoms with E-state index in [1.807, 2.05) is 24.3 Å². The number of benzene rings is 1. The second kappa shape index (κ2) is 6.16. The molecule has 2 saturated carbocycles. The van der Waals surface area contributed by atoms with Crippen LogP contribution in [0.2, 0.25) is 5.02 Å². The first-order chi connectivity index (χ1) is 11.0. The second-order valence-corrected chi connectivity index (χ2v) is 7.36. The highest BCUT2D eigenvalue weighted by Crippen LogP contribution is 2.46. The molecule has 124 valence electrons. The molecule has 0 saturated heterocycles. The normalized spacial score (nSPS) is 21.4. The molecular weight excluding hydrogens is 314 g/mol. The number of aliphatic carboxylic acids is 1. The largest absolute Gasteiger partial charge is 0.481 e. The van der Waals surface area contributed by atoms with Crippen LogP contribution in [0.25, 0.3) is 0 Å². The van der Waals surface area contributed by atoms with Crippen molar-refractivity contribution in [2.45, 2.75) is 50.4 Å². The minimum atomic E-state index is -0.807. The molecule has 0 aliphatic heterocycles. The van der Waals surface area contributed by atoms with Crippen LogP contribution in [0.1, 0.15) is 50.5 Å². The Morgan fingerprint density at radius 3 is 2.39 bits per heavy atom. The molecule has 0 spiro atoms. The highest BCUT2D eigenvalue weighted by Gasteiger charge is 2.51. The Bertz CT molecular complexity index is 618. The lowest BCUT2D eigenvalue weighted by Crippen LogP contribution is -2.48. The molecule has 1 aromatic rings. The van der Waals surface area contributed by atoms with Gasteiger partial charge < -0.3 is 10.4 Å². The summed E-state index contributed by atoms with van der Waals surface area (Å²) in [4.78, 5) is 24.3. The summed E-state index contributed by atoms with van der Waals surface area (Å²) >= 11 is 6.12. The molecule has 0 heterocycles. The molecule has 0 aromatic heterocycles. The van der Waals surface area contributed by atoms with Gasteiger partial charge in [0.15, 0.2) is 0 Å². The van der Waals surface area contributed by atoms with Gasteiger partial charge in [-0.2, -0.15) is 0 Å². The zero-order valence-electron chi connectivity index (χ0n) is 13.1. The Balaban J connectivity index is 1.81. The minimum Gasteiger partial charge on any atom is -0.481 e. The molecule has 23 heavy (non-hydrogen) atoms. The zero-order chi connectivity index (χ0) is 16.5. The number of rotatable bonds is 5. The van der Waals surface area contributed by atoms with Crippen molar-refractivity contribution in [3.8, 4) is 0 Å². The first kappa shape index (κ1) is 16.3. The van der Waals surface area contributed by atoms with Gasteiger partial charge in [0.05, 0.1) is 10.8 Å². The van der Waals surface area contributed by atoms with Gasteiger partial charge >= 0.3 is 5.97 Å². The summed E-state index contributed by atoms with van der Waals surface area (Å²) in [6, 6.07) is 7.52. The Kier molecular flexibility index (Phi) is 4.37. The lowest BCUT2D eigenvalue weighted by molar-refractivity contribution is -0.143. The number of hydrogen-bond donors (Lipinski definition) is 2. The topological polar surface area (TPSA) is 66.4 Å². The minimum absolute atomic E-state index is 0.0491. The number of hydrogen-bond acceptors (Lipinski definition) is 2. The van der Waals surface area contributed by atoms with Gasteiger partial charge in [-0.05, 0) is 43.4 Å². The second-order valence-electron chi connectivity index (χ2n) is 6.92. The van der Waals surface area contributed by atoms with Crippen LogP contribution in [0.15, 0.2) is 24.3 Å². The van der Waals surface area contributed by atoms with Gasteiger partial charge in [0, 0.05) is 11.6 Å². The average Bonchev–Trinajstić information content (AvgIpc) is 3.34. The van der Waals surface area contributed by atoms with E-state index in [2.05, 4.69) is 5.32 Å². The van der Waals surface area contributed by atoms with E-state index in [1.54, 1.807) is 0 Å². The summed E-state index contributed by atoms with van der Waals surface area (Å²) in [7, 11) is 0. The standard InChI is InChI=1S/C18H22ClNO3/c19-14-6-4-5-13(11-14)18(7-2-1-3-8-18)15(21)20-12-17(9-10-17)16(22)23/h4-6,11H,1-3,7-10,12H2,(H,20,21)(H,22,23). The van der Waals surface area contributed by atoms with Crippen LogP contribution in [0, 0.1) is 5.41 Å². The zero-order valence-corrected chi connectivity index (χ0v) is 13.9. The third kappa shape index (κ3) is 3.09. The van der Waals surface area contributed by atoms with Crippen molar-refractivity contribution in [3.63, 3.8) is 0 Å². The molecule has 2 N–H and O–H groups in total. The van der Waals surface area contributed by atoms with Crippen LogP contribution in [0.3, 0.4) is 0 Å². The summed E-state index contributed by atoms with van der Waals surface area (Å²) in [5.41, 5.74) is -0.361. The summed E-state index contributed by atoms with van der Waals surface area (Å²) in [6.45, 7) is 0.226. The smallest absolute Gasteiger partial charge is 0.311 e. The van der Waals surface area contributed by atoms with Crippen LogP contribution in [-0.4, -0.2) is 23.5 Å². The predicted octanol–water partition coefficient (Wildman–Crippen LogP) is 3.52. The Labute approximate surface area is 141 Å². The summed E-state index contributed by atoms with van der Waals surface area (Å²) < 4.78 is 0. The monoisotopic (exact) mass is 335 g/mol. The third-order valence-electron chi connectivity index (χ3n) is 5.41. The molecule has 2 aliphatic rings. The van der Waals surface area contributed by atoms with E-state index < -0.39 is 16.8 Å². The number of carboxylic acid groups (broad SMARTS) is 1. The summed E-state index contributed by atoms with van der Waals surface area (Å²) in [5.74, 6) is -0.856. The molecule has 3 rings (SSSR count). The van der Waals surface area contributed by atoms with E-state index in [9.17, 15) is 14.7 Å². The lowest BCUT2D eigenvalue weighted by atomic mass is 9.68. The van der Waals surface area contributed by atoms with Crippen molar-refractivity contribution >= 4 is 23.5 Å². The van der Waals surface area contributed by atoms with Crippen LogP contribution in [0.4, 0.5) is 0 Å². The molecule has 5 heteroatoms. The number of carboxylic acids is 1. The maximum Gasteiger partial charge on any atom is 0.311 e. The van der Waals surface area contributed by atoms with Crippen molar-refractivity contribution in [1.82, 2.24) is 5.32 Å². The molecule has 0 radical (unpaired) electrons. The van der Waals surface area contributed by atoms with Gasteiger partial charge in [-0.15, -0.1) is 0 Å². The number of carbonyl (C=O) groups excluding carboxylic acids is 1. The molecule has 0 atom stereocenters. The van der Waals surface area contributed by atoms with E-state index in [1.165, 1.54) is 0 Å². The average molecular weight is 336 g/mol. The van der Waals surface area contributed by atoms with Crippen molar-refractivity contribution in [2.24, 2.45) is 5.41 Å². The molecule has 2 aliphatic carbocycles. The van der Waals surface area contributed by atoms with Crippen molar-refractivity contribution in [1.29, 1.82) is 0 Å². The van der Waals surface area contributed by atoms with Crippen molar-refractivity contribution < 1.29 is 14.7 Å². The van der Waals surface area contributed by atoms with Gasteiger partial charge in [0.1, 0.15) is 0 Å². The Hall–Kier alpha value is -1.55. The molecule has 2 fully saturated rings. The molecule has 4 nitrogen and oxygen atoms in total. The maximum atomic E-state index is 13.0. The number of amides is 1. The van der Waals surface area contributed by atoms with Crippen molar-refractivity contribution in [3.05, 3.63) is 34.9 Å². The number of nitrogens with one attached hydrogen (secondary N) is 1. The lowest BCUT2D eigenvalue weighted by Gasteiger charge is -2.36. The fourth-order valence-corrected chi connectivity index (χ4v) is 3.81. The molecular formula is C18H22ClNO3. The SMILES string of the molecule is O=C(O)C1(CNC(=O)C2(c3cccc(Cl)c3)CCCCC2)CC1. The fourth-order valence-electron chi connectivity index (χ4n) is 3.62. The maximum absolute atomic E-state index is 13.0. The van der Waals surface area contributed by atoms with E-state index in [0.717, 1.165) is 37.7 Å². The molecule has 0 bridgehead atoms. The van der Waals surface area contributed by atoms with Crippen molar-refractivity contribution in [2.75, 3.05) is 6.54 Å². The van der Waals surface area contributed by atoms with Gasteiger partial charge in [-0.25, -0.2) is 0 Å². The summed E-state index contributed by atoms with van der Waals surface area (Å²) in [6.07, 6.45) is 6.01. The van der Waals surface area contributed by atoms with Crippen LogP contribution < -0.4 is 5.32 Å². The van der Waals surface area contributed by atoms with E-state index >= 15 is 0 Å². The number of carbonyl (C=O) groups is 2. The van der Waals surface area contributed by atoms with E-state index in [4.69, 9.17) is 11.6 Å². The third-order valence-corrected chi connectivity index (χ3v) is 5.65. The quantitative estimate of drug-likeness (QED) is 0.865. The van der Waals surface area contributed by atoms with Gasteiger partial charge in [0.25, 0.3) is 0 Å². The Morgan fingerprint density at radius 1 is 1.13 bits per heavy atom. The highest BCUT2D eigenvalue weighted by atomic mass is 35.5. The van der Waals surface area contributed by atoms with Gasteiger partial charge in [-0.3, -0.25) is 9.59 Å². The van der Waals surface area contributed by atoms with E-state index in [0.29, 0.717) is 17.9 Å². The predicted molar refractivity (Wildman–Crippen MR) is 88.5 cm³/mol. The first-order valence-corrected chi connectivity index (χ1v) is 8.64. The highest BCUT2D eigenvalue weighted by molar-refractivity contribution is 6.30. The first-order valence-electron chi connectivity index (χ1n) is 8.26. The summed E-state index contributed by atoms with van der Waals surface area (Å²) in [5, 5.41) is 12.8. The van der Waals surface area contributed by atoms with Crippen LogP contribution >= 0.6 is 11.6 Å². The Morgan fingerprint density at radius 2 is 1.83 bits per heavy atom. The molecule has 1 amide bonds. The van der Waals surface area contributed by atoms with Gasteiger partial charge in [-0.1, -0.05) is 43.0 Å².